The Labute approximate surface area is 145 Å². The molecule has 0 fully saturated rings. The molecule has 0 bridgehead atoms. The van der Waals surface area contributed by atoms with Crippen molar-refractivity contribution in [3.8, 4) is 6.07 Å². The van der Waals surface area contributed by atoms with Crippen LogP contribution in [0.2, 0.25) is 0 Å². The summed E-state index contributed by atoms with van der Waals surface area (Å²) in [6.07, 6.45) is 1.61. The van der Waals surface area contributed by atoms with Gasteiger partial charge in [0.05, 0.1) is 5.56 Å². The lowest BCUT2D eigenvalue weighted by molar-refractivity contribution is 0.0896. The molecule has 2 amide bonds. The van der Waals surface area contributed by atoms with Crippen LogP contribution < -0.4 is 4.90 Å². The van der Waals surface area contributed by atoms with Crippen LogP contribution in [0.15, 0.2) is 66.9 Å². The normalized spacial score (nSPS) is 10.1. The van der Waals surface area contributed by atoms with Crippen molar-refractivity contribution in [3.63, 3.8) is 0 Å². The first-order chi connectivity index (χ1) is 12.1. The highest BCUT2D eigenvalue weighted by Gasteiger charge is 2.29. The van der Waals surface area contributed by atoms with E-state index in [1.165, 1.54) is 0 Å². The van der Waals surface area contributed by atoms with Gasteiger partial charge in [0, 0.05) is 17.3 Å². The number of anilines is 1. The Hall–Kier alpha value is -3.65. The van der Waals surface area contributed by atoms with Crippen molar-refractivity contribution in [3.05, 3.63) is 89.1 Å². The smallest absolute Gasteiger partial charge is 0.266 e. The summed E-state index contributed by atoms with van der Waals surface area (Å²) < 4.78 is 0. The molecule has 0 saturated carbocycles. The fourth-order valence-electron chi connectivity index (χ4n) is 2.54. The maximum Gasteiger partial charge on any atom is 0.266 e. The molecule has 0 atom stereocenters. The number of carbonyl (C=O) groups excluding carboxylic acids is 2. The fraction of sp³-hybridized carbons (Fsp3) is 0.0500. The Morgan fingerprint density at radius 2 is 1.40 bits per heavy atom. The first kappa shape index (κ1) is 16.2. The molecule has 122 valence electrons. The Morgan fingerprint density at radius 1 is 0.920 bits per heavy atom. The van der Waals surface area contributed by atoms with E-state index in [0.717, 1.165) is 4.90 Å². The van der Waals surface area contributed by atoms with Crippen molar-refractivity contribution in [2.45, 2.75) is 6.92 Å². The number of aromatic nitrogens is 1. The summed E-state index contributed by atoms with van der Waals surface area (Å²) in [6.45, 7) is 1.75. The average Bonchev–Trinajstić information content (AvgIpc) is 3.03. The van der Waals surface area contributed by atoms with Crippen LogP contribution in [0.5, 0.6) is 0 Å². The van der Waals surface area contributed by atoms with Gasteiger partial charge in [0.1, 0.15) is 11.9 Å². The first-order valence-corrected chi connectivity index (χ1v) is 7.70. The van der Waals surface area contributed by atoms with Crippen LogP contribution in [0, 0.1) is 18.3 Å². The zero-order chi connectivity index (χ0) is 17.8. The number of nitrogens with zero attached hydrogens (tertiary/aromatic N) is 2. The van der Waals surface area contributed by atoms with Gasteiger partial charge in [-0.25, -0.2) is 4.90 Å². The van der Waals surface area contributed by atoms with E-state index in [1.807, 2.05) is 0 Å². The van der Waals surface area contributed by atoms with Crippen molar-refractivity contribution in [1.82, 2.24) is 4.98 Å². The number of hydrogen-bond acceptors (Lipinski definition) is 3. The molecule has 5 nitrogen and oxygen atoms in total. The number of amides is 2. The second-order valence-electron chi connectivity index (χ2n) is 5.48. The molecule has 0 aliphatic rings. The summed E-state index contributed by atoms with van der Waals surface area (Å²) in [6, 6.07) is 19.1. The van der Waals surface area contributed by atoms with Gasteiger partial charge in [0.25, 0.3) is 11.8 Å². The third-order valence-corrected chi connectivity index (χ3v) is 3.84. The van der Waals surface area contributed by atoms with Gasteiger partial charge in [-0.15, -0.1) is 0 Å². The lowest BCUT2D eigenvalue weighted by atomic mass is 10.1. The SMILES string of the molecule is Cc1c[nH]c(N(C(=O)c2ccccc2)C(=O)c2ccccc2)c1C#N. The van der Waals surface area contributed by atoms with E-state index in [4.69, 9.17) is 0 Å². The van der Waals surface area contributed by atoms with Crippen molar-refractivity contribution < 1.29 is 9.59 Å². The summed E-state index contributed by atoms with van der Waals surface area (Å²) >= 11 is 0. The summed E-state index contributed by atoms with van der Waals surface area (Å²) in [5.74, 6) is -0.802. The lowest BCUT2D eigenvalue weighted by Crippen LogP contribution is -2.37. The number of imide groups is 1. The van der Waals surface area contributed by atoms with Crippen molar-refractivity contribution in [1.29, 1.82) is 5.26 Å². The largest absolute Gasteiger partial charge is 0.346 e. The van der Waals surface area contributed by atoms with Crippen LogP contribution in [0.4, 0.5) is 5.82 Å². The highest BCUT2D eigenvalue weighted by Crippen LogP contribution is 2.25. The Bertz CT molecular complexity index is 902. The van der Waals surface area contributed by atoms with Gasteiger partial charge in [-0.3, -0.25) is 9.59 Å². The van der Waals surface area contributed by atoms with Gasteiger partial charge < -0.3 is 4.98 Å². The van der Waals surface area contributed by atoms with E-state index in [1.54, 1.807) is 73.8 Å². The van der Waals surface area contributed by atoms with Crippen molar-refractivity contribution in [2.75, 3.05) is 4.90 Å². The van der Waals surface area contributed by atoms with Crippen LogP contribution >= 0.6 is 0 Å². The summed E-state index contributed by atoms with van der Waals surface area (Å²) in [7, 11) is 0. The molecule has 1 heterocycles. The number of aryl methyl sites for hydroxylation is 1. The zero-order valence-electron chi connectivity index (χ0n) is 13.6. The maximum atomic E-state index is 13.0. The summed E-state index contributed by atoms with van der Waals surface area (Å²) in [5.41, 5.74) is 1.67. The molecular weight excluding hydrogens is 314 g/mol. The third kappa shape index (κ3) is 3.06. The molecular formula is C20H15N3O2. The molecule has 0 aliphatic carbocycles. The number of H-pyrrole nitrogens is 1. The summed E-state index contributed by atoms with van der Waals surface area (Å²) in [5, 5.41) is 9.42. The number of nitrogens with one attached hydrogen (secondary N) is 1. The van der Waals surface area contributed by atoms with Crippen LogP contribution in [-0.4, -0.2) is 16.8 Å². The zero-order valence-corrected chi connectivity index (χ0v) is 13.6. The molecule has 0 radical (unpaired) electrons. The minimum Gasteiger partial charge on any atom is -0.346 e. The van der Waals surface area contributed by atoms with Crippen molar-refractivity contribution in [2.24, 2.45) is 0 Å². The number of rotatable bonds is 3. The molecule has 3 aromatic rings. The molecule has 1 N–H and O–H groups in total. The van der Waals surface area contributed by atoms with Gasteiger partial charge in [0.2, 0.25) is 0 Å². The van der Waals surface area contributed by atoms with Crippen LogP contribution in [0.3, 0.4) is 0 Å². The maximum absolute atomic E-state index is 13.0. The highest BCUT2D eigenvalue weighted by molar-refractivity contribution is 6.25. The minimum absolute atomic E-state index is 0.183. The molecule has 0 unspecified atom stereocenters. The Balaban J connectivity index is 2.14. The second-order valence-corrected chi connectivity index (χ2v) is 5.48. The predicted molar refractivity (Wildman–Crippen MR) is 94.3 cm³/mol. The van der Waals surface area contributed by atoms with E-state index >= 15 is 0 Å². The summed E-state index contributed by atoms with van der Waals surface area (Å²) in [4.78, 5) is 29.9. The predicted octanol–water partition coefficient (Wildman–Crippen LogP) is 3.68. The monoisotopic (exact) mass is 329 g/mol. The van der Waals surface area contributed by atoms with E-state index < -0.39 is 11.8 Å². The average molecular weight is 329 g/mol. The number of nitriles is 1. The van der Waals surface area contributed by atoms with Gasteiger partial charge in [-0.2, -0.15) is 5.26 Å². The van der Waals surface area contributed by atoms with Gasteiger partial charge >= 0.3 is 0 Å². The van der Waals surface area contributed by atoms with Gasteiger partial charge in [-0.05, 0) is 36.8 Å². The second kappa shape index (κ2) is 6.85. The fourth-order valence-corrected chi connectivity index (χ4v) is 2.54. The third-order valence-electron chi connectivity index (χ3n) is 3.84. The molecule has 0 spiro atoms. The number of benzene rings is 2. The molecule has 3 rings (SSSR count). The topological polar surface area (TPSA) is 77.0 Å². The van der Waals surface area contributed by atoms with E-state index in [0.29, 0.717) is 16.7 Å². The van der Waals surface area contributed by atoms with Crippen LogP contribution in [-0.2, 0) is 0 Å². The van der Waals surface area contributed by atoms with E-state index in [-0.39, 0.29) is 11.4 Å². The van der Waals surface area contributed by atoms with E-state index in [2.05, 4.69) is 11.1 Å². The van der Waals surface area contributed by atoms with Crippen LogP contribution in [0.1, 0.15) is 31.8 Å². The molecule has 0 saturated heterocycles. The first-order valence-electron chi connectivity index (χ1n) is 7.70. The Kier molecular flexibility index (Phi) is 4.44. The Morgan fingerprint density at radius 3 is 1.84 bits per heavy atom. The quantitative estimate of drug-likeness (QED) is 0.745. The molecule has 2 aromatic carbocycles. The number of hydrogen-bond donors (Lipinski definition) is 1. The standard InChI is InChI=1S/C20H15N3O2/c1-14-13-22-18(17(14)12-21)23(19(24)15-8-4-2-5-9-15)20(25)16-10-6-3-7-11-16/h2-11,13,22H,1H3. The van der Waals surface area contributed by atoms with Gasteiger partial charge in [0.15, 0.2) is 0 Å². The number of carbonyl (C=O) groups is 2. The van der Waals surface area contributed by atoms with Gasteiger partial charge in [-0.1, -0.05) is 36.4 Å². The highest BCUT2D eigenvalue weighted by atomic mass is 16.2. The molecule has 5 heteroatoms. The molecule has 0 aliphatic heterocycles. The number of aromatic amines is 1. The van der Waals surface area contributed by atoms with Crippen molar-refractivity contribution >= 4 is 17.6 Å². The molecule has 25 heavy (non-hydrogen) atoms. The van der Waals surface area contributed by atoms with E-state index in [9.17, 15) is 14.9 Å². The lowest BCUT2D eigenvalue weighted by Gasteiger charge is -2.20. The molecule has 1 aromatic heterocycles. The minimum atomic E-state index is -0.493. The van der Waals surface area contributed by atoms with Crippen LogP contribution in [0.25, 0.3) is 0 Å².